The van der Waals surface area contributed by atoms with Crippen LogP contribution in [0, 0.1) is 5.92 Å². The molecule has 0 amide bonds. The monoisotopic (exact) mass is 221 g/mol. The minimum absolute atomic E-state index is 0.117. The predicted octanol–water partition coefficient (Wildman–Crippen LogP) is 2.83. The zero-order valence-corrected chi connectivity index (χ0v) is 9.71. The Hall–Kier alpha value is -0.860. The largest absolute Gasteiger partial charge is 0.389 e. The summed E-state index contributed by atoms with van der Waals surface area (Å²) in [4.78, 5) is 17.1. The van der Waals surface area contributed by atoms with Crippen LogP contribution >= 0.6 is 0 Å². The molecule has 1 heterocycles. The zero-order chi connectivity index (χ0) is 11.0. The van der Waals surface area contributed by atoms with Gasteiger partial charge in [0.15, 0.2) is 0 Å². The smallest absolute Gasteiger partial charge is 0.143 e. The minimum atomic E-state index is 0.117. The van der Waals surface area contributed by atoms with Crippen molar-refractivity contribution in [1.29, 1.82) is 0 Å². The molecule has 0 aromatic rings. The molecule has 0 N–H and O–H groups in total. The molecule has 0 bridgehead atoms. The first-order valence-corrected chi connectivity index (χ1v) is 6.54. The molecule has 3 heteroatoms. The Morgan fingerprint density at radius 2 is 2.25 bits per heavy atom. The summed E-state index contributed by atoms with van der Waals surface area (Å²) in [6, 6.07) is 0. The standard InChI is InChI=1S/C13H19NO2/c15-12-4-2-1-3-10(12)5-6-11-9-13(7-8-13)16-14-11/h10H,1-9H2. The van der Waals surface area contributed by atoms with Crippen molar-refractivity contribution in [2.75, 3.05) is 0 Å². The fourth-order valence-electron chi connectivity index (χ4n) is 2.84. The number of carbonyl (C=O) groups is 1. The molecule has 1 atom stereocenters. The van der Waals surface area contributed by atoms with E-state index in [1.54, 1.807) is 0 Å². The number of nitrogens with zero attached hydrogens (tertiary/aromatic N) is 1. The van der Waals surface area contributed by atoms with Gasteiger partial charge in [-0.25, -0.2) is 0 Å². The van der Waals surface area contributed by atoms with Gasteiger partial charge in [0.05, 0.1) is 5.71 Å². The molecule has 3 nitrogen and oxygen atoms in total. The van der Waals surface area contributed by atoms with Gasteiger partial charge in [0.2, 0.25) is 0 Å². The SMILES string of the molecule is O=C1CCCCC1CCC1=NOC2(CC2)C1. The van der Waals surface area contributed by atoms with Crippen molar-refractivity contribution in [2.24, 2.45) is 11.1 Å². The van der Waals surface area contributed by atoms with E-state index in [0.29, 0.717) is 11.7 Å². The van der Waals surface area contributed by atoms with Gasteiger partial charge in [-0.1, -0.05) is 11.6 Å². The molecule has 2 aliphatic carbocycles. The lowest BCUT2D eigenvalue weighted by Gasteiger charge is -2.19. The van der Waals surface area contributed by atoms with Crippen LogP contribution in [-0.4, -0.2) is 17.1 Å². The number of oxime groups is 1. The van der Waals surface area contributed by atoms with Crippen molar-refractivity contribution in [3.63, 3.8) is 0 Å². The van der Waals surface area contributed by atoms with Crippen LogP contribution in [0.2, 0.25) is 0 Å². The Bertz CT molecular complexity index is 331. The van der Waals surface area contributed by atoms with Crippen LogP contribution in [0.15, 0.2) is 5.16 Å². The lowest BCUT2D eigenvalue weighted by atomic mass is 9.84. The molecule has 1 aliphatic heterocycles. The Kier molecular flexibility index (Phi) is 2.49. The van der Waals surface area contributed by atoms with Gasteiger partial charge in [0.25, 0.3) is 0 Å². The van der Waals surface area contributed by atoms with E-state index in [0.717, 1.165) is 38.5 Å². The molecule has 3 aliphatic rings. The summed E-state index contributed by atoms with van der Waals surface area (Å²) >= 11 is 0. The Labute approximate surface area is 96.2 Å². The van der Waals surface area contributed by atoms with Gasteiger partial charge in [0.1, 0.15) is 11.4 Å². The summed E-state index contributed by atoms with van der Waals surface area (Å²) < 4.78 is 0. The molecule has 88 valence electrons. The van der Waals surface area contributed by atoms with E-state index >= 15 is 0 Å². The first-order valence-electron chi connectivity index (χ1n) is 6.54. The van der Waals surface area contributed by atoms with Crippen molar-refractivity contribution in [2.45, 2.75) is 63.4 Å². The summed E-state index contributed by atoms with van der Waals surface area (Å²) in [7, 11) is 0. The molecule has 0 saturated heterocycles. The highest BCUT2D eigenvalue weighted by Gasteiger charge is 2.50. The van der Waals surface area contributed by atoms with Crippen LogP contribution in [0.5, 0.6) is 0 Å². The van der Waals surface area contributed by atoms with Crippen molar-refractivity contribution >= 4 is 11.5 Å². The van der Waals surface area contributed by atoms with Gasteiger partial charge >= 0.3 is 0 Å². The molecule has 0 aromatic carbocycles. The maximum absolute atomic E-state index is 11.7. The highest BCUT2D eigenvalue weighted by Crippen LogP contribution is 2.46. The van der Waals surface area contributed by atoms with E-state index in [1.807, 2.05) is 0 Å². The van der Waals surface area contributed by atoms with Crippen molar-refractivity contribution in [3.8, 4) is 0 Å². The fraction of sp³-hybridized carbons (Fsp3) is 0.846. The number of carbonyl (C=O) groups excluding carboxylic acids is 1. The zero-order valence-electron chi connectivity index (χ0n) is 9.71. The summed E-state index contributed by atoms with van der Waals surface area (Å²) in [6.45, 7) is 0. The second-order valence-electron chi connectivity index (χ2n) is 5.56. The number of Topliss-reactive ketones (excluding diaryl/α,β-unsaturated/α-hetero) is 1. The van der Waals surface area contributed by atoms with Crippen LogP contribution in [0.1, 0.15) is 57.8 Å². The van der Waals surface area contributed by atoms with Gasteiger partial charge in [-0.3, -0.25) is 4.79 Å². The minimum Gasteiger partial charge on any atom is -0.389 e. The molecule has 3 rings (SSSR count). The maximum Gasteiger partial charge on any atom is 0.143 e. The maximum atomic E-state index is 11.7. The third-order valence-corrected chi connectivity index (χ3v) is 4.16. The van der Waals surface area contributed by atoms with E-state index < -0.39 is 0 Å². The quantitative estimate of drug-likeness (QED) is 0.735. The Balaban J connectivity index is 1.47. The highest BCUT2D eigenvalue weighted by atomic mass is 16.7. The average Bonchev–Trinajstić information content (AvgIpc) is 2.91. The molecule has 0 aromatic heterocycles. The number of hydrogen-bond acceptors (Lipinski definition) is 3. The van der Waals surface area contributed by atoms with Crippen molar-refractivity contribution in [1.82, 2.24) is 0 Å². The van der Waals surface area contributed by atoms with Crippen molar-refractivity contribution < 1.29 is 9.63 Å². The predicted molar refractivity (Wildman–Crippen MR) is 61.3 cm³/mol. The summed E-state index contributed by atoms with van der Waals surface area (Å²) in [5.41, 5.74) is 1.31. The van der Waals surface area contributed by atoms with Crippen LogP contribution < -0.4 is 0 Å². The van der Waals surface area contributed by atoms with Gasteiger partial charge in [-0.05, 0) is 38.5 Å². The number of rotatable bonds is 3. The molecular weight excluding hydrogens is 202 g/mol. The van der Waals surface area contributed by atoms with Gasteiger partial charge in [0, 0.05) is 18.8 Å². The highest BCUT2D eigenvalue weighted by molar-refractivity contribution is 5.87. The molecular formula is C13H19NO2. The summed E-state index contributed by atoms with van der Waals surface area (Å²) in [6.07, 6.45) is 9.55. The molecule has 2 saturated carbocycles. The first kappa shape index (κ1) is 10.3. The Morgan fingerprint density at radius 3 is 2.94 bits per heavy atom. The molecule has 1 unspecified atom stereocenters. The van der Waals surface area contributed by atoms with Crippen LogP contribution in [0.25, 0.3) is 0 Å². The molecule has 1 spiro atoms. The van der Waals surface area contributed by atoms with Crippen LogP contribution in [0.4, 0.5) is 0 Å². The summed E-state index contributed by atoms with van der Waals surface area (Å²) in [5.74, 6) is 0.791. The van der Waals surface area contributed by atoms with Crippen LogP contribution in [-0.2, 0) is 9.63 Å². The van der Waals surface area contributed by atoms with E-state index in [1.165, 1.54) is 25.0 Å². The van der Waals surface area contributed by atoms with Gasteiger partial charge < -0.3 is 4.84 Å². The number of ketones is 1. The molecule has 0 radical (unpaired) electrons. The Morgan fingerprint density at radius 1 is 1.38 bits per heavy atom. The topological polar surface area (TPSA) is 38.7 Å². The second-order valence-corrected chi connectivity index (χ2v) is 5.56. The molecule has 16 heavy (non-hydrogen) atoms. The lowest BCUT2D eigenvalue weighted by Crippen LogP contribution is -2.20. The lowest BCUT2D eigenvalue weighted by molar-refractivity contribution is -0.124. The van der Waals surface area contributed by atoms with Gasteiger partial charge in [-0.2, -0.15) is 0 Å². The van der Waals surface area contributed by atoms with E-state index in [-0.39, 0.29) is 5.60 Å². The van der Waals surface area contributed by atoms with E-state index in [4.69, 9.17) is 4.84 Å². The average molecular weight is 221 g/mol. The van der Waals surface area contributed by atoms with Crippen LogP contribution in [0.3, 0.4) is 0 Å². The third-order valence-electron chi connectivity index (χ3n) is 4.16. The second kappa shape index (κ2) is 3.86. The van der Waals surface area contributed by atoms with Crippen molar-refractivity contribution in [3.05, 3.63) is 0 Å². The normalized spacial score (nSPS) is 31.4. The fourth-order valence-corrected chi connectivity index (χ4v) is 2.84. The van der Waals surface area contributed by atoms with E-state index in [9.17, 15) is 4.79 Å². The van der Waals surface area contributed by atoms with Gasteiger partial charge in [-0.15, -0.1) is 0 Å². The molecule has 2 fully saturated rings. The number of hydrogen-bond donors (Lipinski definition) is 0. The van der Waals surface area contributed by atoms with E-state index in [2.05, 4.69) is 5.16 Å². The first-order chi connectivity index (χ1) is 7.77. The third kappa shape index (κ3) is 2.00. The summed E-state index contributed by atoms with van der Waals surface area (Å²) in [5, 5.41) is 4.17.